The van der Waals surface area contributed by atoms with Gasteiger partial charge in [-0.25, -0.2) is 4.39 Å². The van der Waals surface area contributed by atoms with Crippen LogP contribution < -0.4 is 5.73 Å². The number of halogens is 2. The molecule has 1 aliphatic carbocycles. The van der Waals surface area contributed by atoms with E-state index in [1.807, 2.05) is 0 Å². The molecule has 0 atom stereocenters. The first-order chi connectivity index (χ1) is 6.11. The molecule has 0 unspecified atom stereocenters. The van der Waals surface area contributed by atoms with E-state index in [1.165, 1.54) is 6.07 Å². The van der Waals surface area contributed by atoms with Gasteiger partial charge in [-0.2, -0.15) is 0 Å². The predicted molar refractivity (Wildman–Crippen MR) is 51.2 cm³/mol. The number of Topliss-reactive ketones (excluding diaryl/α,β-unsaturated/α-hetero) is 1. The second-order valence-corrected chi connectivity index (χ2v) is 3.88. The summed E-state index contributed by atoms with van der Waals surface area (Å²) in [5.74, 6) is -0.422. The van der Waals surface area contributed by atoms with Gasteiger partial charge in [0.15, 0.2) is 5.78 Å². The van der Waals surface area contributed by atoms with E-state index in [0.717, 1.165) is 0 Å². The van der Waals surface area contributed by atoms with Gasteiger partial charge < -0.3 is 5.73 Å². The average Bonchev–Trinajstić information content (AvgIpc) is 2.44. The smallest absolute Gasteiger partial charge is 0.164 e. The lowest BCUT2D eigenvalue weighted by atomic mass is 10.1. The number of hydrogen-bond acceptors (Lipinski definition) is 2. The molecule has 1 aliphatic rings. The van der Waals surface area contributed by atoms with Gasteiger partial charge in [0.25, 0.3) is 0 Å². The maximum Gasteiger partial charge on any atom is 0.164 e. The summed E-state index contributed by atoms with van der Waals surface area (Å²) in [5, 5.41) is 0. The molecule has 0 saturated heterocycles. The third-order valence-corrected chi connectivity index (χ3v) is 2.88. The fourth-order valence-corrected chi connectivity index (χ4v) is 2.27. The van der Waals surface area contributed by atoms with Gasteiger partial charge >= 0.3 is 0 Å². The number of nitrogen functional groups attached to an aromatic ring is 1. The van der Waals surface area contributed by atoms with Gasteiger partial charge in [-0.3, -0.25) is 4.79 Å². The van der Waals surface area contributed by atoms with E-state index >= 15 is 0 Å². The van der Waals surface area contributed by atoms with Crippen LogP contribution in [-0.2, 0) is 6.42 Å². The molecule has 0 spiro atoms. The molecule has 1 aromatic rings. The van der Waals surface area contributed by atoms with Crippen LogP contribution in [0.2, 0.25) is 0 Å². The van der Waals surface area contributed by atoms with Crippen molar-refractivity contribution in [1.29, 1.82) is 0 Å². The molecule has 0 aliphatic heterocycles. The standard InChI is InChI=1S/C9H7BrFNO/c10-5-3-6(11)9(12)4-1-2-7(13)8(4)5/h3H,1-2,12H2. The highest BCUT2D eigenvalue weighted by molar-refractivity contribution is 9.10. The summed E-state index contributed by atoms with van der Waals surface area (Å²) in [7, 11) is 0. The molecule has 0 fully saturated rings. The highest BCUT2D eigenvalue weighted by Gasteiger charge is 2.26. The normalized spacial score (nSPS) is 14.8. The van der Waals surface area contributed by atoms with Gasteiger partial charge in [0.05, 0.1) is 5.69 Å². The molecule has 13 heavy (non-hydrogen) atoms. The molecule has 2 rings (SSSR count). The van der Waals surface area contributed by atoms with Crippen molar-refractivity contribution >= 4 is 27.4 Å². The number of carbonyl (C=O) groups excluding carboxylic acids is 1. The lowest BCUT2D eigenvalue weighted by Gasteiger charge is -2.05. The summed E-state index contributed by atoms with van der Waals surface area (Å²) >= 11 is 3.16. The first kappa shape index (κ1) is 8.69. The van der Waals surface area contributed by atoms with E-state index in [1.54, 1.807) is 0 Å². The molecule has 0 bridgehead atoms. The van der Waals surface area contributed by atoms with E-state index < -0.39 is 5.82 Å². The number of hydrogen-bond donors (Lipinski definition) is 1. The Kier molecular flexibility index (Phi) is 1.87. The van der Waals surface area contributed by atoms with Gasteiger partial charge in [0, 0.05) is 16.5 Å². The molecule has 68 valence electrons. The number of rotatable bonds is 0. The molecule has 0 heterocycles. The number of nitrogens with two attached hydrogens (primary N) is 1. The van der Waals surface area contributed by atoms with E-state index in [4.69, 9.17) is 5.73 Å². The molecule has 0 saturated carbocycles. The molecule has 0 radical (unpaired) electrons. The van der Waals surface area contributed by atoms with Crippen LogP contribution in [0, 0.1) is 5.82 Å². The summed E-state index contributed by atoms with van der Waals surface area (Å²) in [6, 6.07) is 1.25. The topological polar surface area (TPSA) is 43.1 Å². The highest BCUT2D eigenvalue weighted by Crippen LogP contribution is 2.34. The van der Waals surface area contributed by atoms with Crippen molar-refractivity contribution < 1.29 is 9.18 Å². The maximum atomic E-state index is 13.1. The summed E-state index contributed by atoms with van der Waals surface area (Å²) in [4.78, 5) is 11.3. The van der Waals surface area contributed by atoms with Gasteiger partial charge in [0.2, 0.25) is 0 Å². The van der Waals surface area contributed by atoms with E-state index in [0.29, 0.717) is 28.4 Å². The molecule has 0 aromatic heterocycles. The van der Waals surface area contributed by atoms with E-state index in [-0.39, 0.29) is 11.5 Å². The van der Waals surface area contributed by atoms with Crippen molar-refractivity contribution in [3.8, 4) is 0 Å². The SMILES string of the molecule is Nc1c(F)cc(Br)c2c1CCC2=O. The quantitative estimate of drug-likeness (QED) is 0.711. The van der Waals surface area contributed by atoms with Crippen LogP contribution in [0.25, 0.3) is 0 Å². The number of fused-ring (bicyclic) bond motifs is 1. The van der Waals surface area contributed by atoms with Crippen LogP contribution in [0.3, 0.4) is 0 Å². The monoisotopic (exact) mass is 243 g/mol. The molecule has 1 aromatic carbocycles. The fraction of sp³-hybridized carbons (Fsp3) is 0.222. The van der Waals surface area contributed by atoms with Crippen molar-refractivity contribution in [2.75, 3.05) is 5.73 Å². The minimum Gasteiger partial charge on any atom is -0.396 e. The Morgan fingerprint density at radius 2 is 2.15 bits per heavy atom. The van der Waals surface area contributed by atoms with Crippen LogP contribution in [0.4, 0.5) is 10.1 Å². The van der Waals surface area contributed by atoms with Gasteiger partial charge in [-0.1, -0.05) is 0 Å². The first-order valence-corrected chi connectivity index (χ1v) is 4.70. The second-order valence-electron chi connectivity index (χ2n) is 3.03. The third kappa shape index (κ3) is 1.16. The number of benzene rings is 1. The Morgan fingerprint density at radius 1 is 1.46 bits per heavy atom. The summed E-state index contributed by atoms with van der Waals surface area (Å²) in [5.41, 5.74) is 6.84. The van der Waals surface area contributed by atoms with Gasteiger partial charge in [-0.05, 0) is 34.0 Å². The minimum absolute atomic E-state index is 0.0357. The second kappa shape index (κ2) is 2.80. The Morgan fingerprint density at radius 3 is 2.85 bits per heavy atom. The zero-order valence-corrected chi connectivity index (χ0v) is 8.32. The lowest BCUT2D eigenvalue weighted by molar-refractivity contribution is 0.0994. The minimum atomic E-state index is -0.458. The molecule has 0 amide bonds. The van der Waals surface area contributed by atoms with Gasteiger partial charge in [0.1, 0.15) is 5.82 Å². The molecular formula is C9H7BrFNO. The predicted octanol–water partition coefficient (Wildman–Crippen LogP) is 2.30. The van der Waals surface area contributed by atoms with Crippen LogP contribution in [0.1, 0.15) is 22.3 Å². The van der Waals surface area contributed by atoms with Crippen LogP contribution in [0.5, 0.6) is 0 Å². The van der Waals surface area contributed by atoms with Crippen molar-refractivity contribution in [3.05, 3.63) is 27.5 Å². The van der Waals surface area contributed by atoms with Crippen LogP contribution in [-0.4, -0.2) is 5.78 Å². The van der Waals surface area contributed by atoms with Crippen molar-refractivity contribution in [3.63, 3.8) is 0 Å². The first-order valence-electron chi connectivity index (χ1n) is 3.91. The number of anilines is 1. The van der Waals surface area contributed by atoms with Crippen molar-refractivity contribution in [2.45, 2.75) is 12.8 Å². The molecular weight excluding hydrogens is 237 g/mol. The van der Waals surface area contributed by atoms with Gasteiger partial charge in [-0.15, -0.1) is 0 Å². The van der Waals surface area contributed by atoms with E-state index in [2.05, 4.69) is 15.9 Å². The molecule has 2 nitrogen and oxygen atoms in total. The summed E-state index contributed by atoms with van der Waals surface area (Å²) in [6.45, 7) is 0. The zero-order chi connectivity index (χ0) is 9.59. The Hall–Kier alpha value is -0.900. The number of carbonyl (C=O) groups is 1. The Labute approximate surface area is 83.1 Å². The average molecular weight is 244 g/mol. The molecule has 4 heteroatoms. The Balaban J connectivity index is 2.76. The summed E-state index contributed by atoms with van der Waals surface area (Å²) in [6.07, 6.45) is 0.984. The van der Waals surface area contributed by atoms with E-state index in [9.17, 15) is 9.18 Å². The van der Waals surface area contributed by atoms with Crippen molar-refractivity contribution in [1.82, 2.24) is 0 Å². The van der Waals surface area contributed by atoms with Crippen LogP contribution in [0.15, 0.2) is 10.5 Å². The largest absolute Gasteiger partial charge is 0.396 e. The number of ketones is 1. The zero-order valence-electron chi connectivity index (χ0n) is 6.73. The van der Waals surface area contributed by atoms with Crippen molar-refractivity contribution in [2.24, 2.45) is 0 Å². The van der Waals surface area contributed by atoms with Crippen LogP contribution >= 0.6 is 15.9 Å². The third-order valence-electron chi connectivity index (χ3n) is 2.26. The fourth-order valence-electron chi connectivity index (χ4n) is 1.61. The molecule has 2 N–H and O–H groups in total. The Bertz CT molecular complexity index is 403. The highest BCUT2D eigenvalue weighted by atomic mass is 79.9. The maximum absolute atomic E-state index is 13.1. The summed E-state index contributed by atoms with van der Waals surface area (Å²) < 4.78 is 13.6. The lowest BCUT2D eigenvalue weighted by Crippen LogP contribution is -2.00.